The Hall–Kier alpha value is -2.02. The van der Waals surface area contributed by atoms with E-state index in [-0.39, 0.29) is 11.9 Å². The lowest BCUT2D eigenvalue weighted by molar-refractivity contribution is 0.626. The number of aromatic nitrogens is 2. The van der Waals surface area contributed by atoms with Crippen molar-refractivity contribution in [2.75, 3.05) is 19.3 Å². The fourth-order valence-electron chi connectivity index (χ4n) is 2.77. The van der Waals surface area contributed by atoms with Crippen LogP contribution in [0.3, 0.4) is 0 Å². The van der Waals surface area contributed by atoms with Crippen LogP contribution in [-0.4, -0.2) is 41.1 Å². The molecule has 0 saturated heterocycles. The molecule has 0 amide bonds. The van der Waals surface area contributed by atoms with E-state index in [1.165, 1.54) is 23.4 Å². The molecule has 1 unspecified atom stereocenters. The van der Waals surface area contributed by atoms with Gasteiger partial charge in [-0.1, -0.05) is 0 Å². The number of hydrogen-bond acceptors (Lipinski definition) is 3. The average molecular weight is 378 g/mol. The fourth-order valence-corrected chi connectivity index (χ4v) is 3.54. The van der Waals surface area contributed by atoms with E-state index in [0.717, 1.165) is 35.3 Å². The Labute approximate surface area is 159 Å². The maximum absolute atomic E-state index is 12.9. The zero-order valence-electron chi connectivity index (χ0n) is 16.1. The summed E-state index contributed by atoms with van der Waals surface area (Å²) in [5, 5.41) is 11.2. The molecule has 1 heterocycles. The van der Waals surface area contributed by atoms with Crippen LogP contribution in [0.1, 0.15) is 23.9 Å². The van der Waals surface area contributed by atoms with Crippen LogP contribution in [0.25, 0.3) is 0 Å². The molecule has 1 aromatic heterocycles. The van der Waals surface area contributed by atoms with Crippen molar-refractivity contribution in [1.82, 2.24) is 20.4 Å². The van der Waals surface area contributed by atoms with Gasteiger partial charge in [-0.15, -0.1) is 11.8 Å². The summed E-state index contributed by atoms with van der Waals surface area (Å²) in [6, 6.07) is 6.81. The molecule has 0 saturated carbocycles. The molecule has 0 aliphatic rings. The summed E-state index contributed by atoms with van der Waals surface area (Å²) >= 11 is 1.69. The monoisotopic (exact) mass is 377 g/mol. The molecule has 2 aromatic rings. The number of guanidine groups is 1. The Morgan fingerprint density at radius 1 is 1.31 bits per heavy atom. The molecule has 142 valence electrons. The number of hydrogen-bond donors (Lipinski definition) is 2. The van der Waals surface area contributed by atoms with E-state index in [2.05, 4.69) is 41.5 Å². The predicted octanol–water partition coefficient (Wildman–Crippen LogP) is 3.06. The van der Waals surface area contributed by atoms with E-state index in [1.807, 2.05) is 11.7 Å². The van der Waals surface area contributed by atoms with E-state index in [4.69, 9.17) is 0 Å². The molecule has 0 bridgehead atoms. The van der Waals surface area contributed by atoms with Gasteiger partial charge in [0.25, 0.3) is 0 Å². The minimum absolute atomic E-state index is 0.204. The first-order valence-electron chi connectivity index (χ1n) is 8.75. The maximum Gasteiger partial charge on any atom is 0.191 e. The highest BCUT2D eigenvalue weighted by Gasteiger charge is 2.13. The van der Waals surface area contributed by atoms with Crippen molar-refractivity contribution < 1.29 is 4.39 Å². The second kappa shape index (κ2) is 9.62. The summed E-state index contributed by atoms with van der Waals surface area (Å²) < 4.78 is 14.8. The number of thioether (sulfide) groups is 1. The van der Waals surface area contributed by atoms with Crippen LogP contribution in [0.2, 0.25) is 0 Å². The van der Waals surface area contributed by atoms with Gasteiger partial charge in [0.1, 0.15) is 5.82 Å². The number of nitrogens with one attached hydrogen (secondary N) is 2. The molecule has 7 heteroatoms. The third kappa shape index (κ3) is 5.76. The Kier molecular flexibility index (Phi) is 7.50. The number of rotatable bonds is 7. The quantitative estimate of drug-likeness (QED) is 0.337. The Balaban J connectivity index is 1.77. The first-order chi connectivity index (χ1) is 12.4. The van der Waals surface area contributed by atoms with Crippen LogP contribution in [0.5, 0.6) is 0 Å². The summed E-state index contributed by atoms with van der Waals surface area (Å²) in [7, 11) is 3.75. The van der Waals surface area contributed by atoms with Gasteiger partial charge in [0.05, 0.1) is 5.69 Å². The van der Waals surface area contributed by atoms with E-state index < -0.39 is 0 Å². The molecule has 0 spiro atoms. The number of aliphatic imine (C=N–C) groups is 1. The lowest BCUT2D eigenvalue weighted by Gasteiger charge is -2.18. The van der Waals surface area contributed by atoms with Crippen molar-refractivity contribution in [2.24, 2.45) is 12.0 Å². The highest BCUT2D eigenvalue weighted by atomic mass is 32.2. The Bertz CT molecular complexity index is 739. The van der Waals surface area contributed by atoms with E-state index in [9.17, 15) is 4.39 Å². The Morgan fingerprint density at radius 3 is 2.58 bits per heavy atom. The zero-order chi connectivity index (χ0) is 19.1. The largest absolute Gasteiger partial charge is 0.356 e. The number of benzene rings is 1. The van der Waals surface area contributed by atoms with Crippen molar-refractivity contribution in [1.29, 1.82) is 0 Å². The third-order valence-corrected chi connectivity index (χ3v) is 5.27. The molecular weight excluding hydrogens is 349 g/mol. The summed E-state index contributed by atoms with van der Waals surface area (Å²) in [5.41, 5.74) is 3.57. The van der Waals surface area contributed by atoms with Crippen LogP contribution in [0, 0.1) is 19.7 Å². The molecule has 0 aliphatic carbocycles. The van der Waals surface area contributed by atoms with Gasteiger partial charge in [-0.3, -0.25) is 9.67 Å². The fraction of sp³-hybridized carbons (Fsp3) is 0.474. The van der Waals surface area contributed by atoms with Gasteiger partial charge in [0.15, 0.2) is 5.96 Å². The predicted molar refractivity (Wildman–Crippen MR) is 107 cm³/mol. The van der Waals surface area contributed by atoms with Crippen molar-refractivity contribution in [3.8, 4) is 0 Å². The minimum atomic E-state index is -0.204. The van der Waals surface area contributed by atoms with Crippen LogP contribution in [-0.2, 0) is 13.5 Å². The summed E-state index contributed by atoms with van der Waals surface area (Å²) in [4.78, 5) is 5.35. The number of nitrogens with zero attached hydrogens (tertiary/aromatic N) is 3. The highest BCUT2D eigenvalue weighted by Crippen LogP contribution is 2.17. The van der Waals surface area contributed by atoms with Crippen LogP contribution in [0.4, 0.5) is 4.39 Å². The number of halogens is 1. The lowest BCUT2D eigenvalue weighted by atomic mass is 10.1. The van der Waals surface area contributed by atoms with E-state index in [1.54, 1.807) is 30.9 Å². The minimum Gasteiger partial charge on any atom is -0.356 e. The van der Waals surface area contributed by atoms with E-state index in [0.29, 0.717) is 0 Å². The van der Waals surface area contributed by atoms with Gasteiger partial charge in [-0.05, 0) is 57.0 Å². The van der Waals surface area contributed by atoms with Gasteiger partial charge >= 0.3 is 0 Å². The first kappa shape index (κ1) is 20.3. The molecule has 1 aromatic carbocycles. The molecule has 0 aliphatic heterocycles. The normalized spacial score (nSPS) is 12.9. The molecule has 5 nitrogen and oxygen atoms in total. The van der Waals surface area contributed by atoms with Crippen molar-refractivity contribution in [3.05, 3.63) is 47.0 Å². The van der Waals surface area contributed by atoms with Gasteiger partial charge in [0, 0.05) is 43.0 Å². The van der Waals surface area contributed by atoms with Crippen LogP contribution >= 0.6 is 11.8 Å². The van der Waals surface area contributed by atoms with Gasteiger partial charge in [-0.25, -0.2) is 4.39 Å². The van der Waals surface area contributed by atoms with Crippen molar-refractivity contribution >= 4 is 17.7 Å². The SMILES string of the molecule is CN=C(NCCSc1ccc(F)cc1)NC(C)Cc1c(C)nn(C)c1C. The van der Waals surface area contributed by atoms with Crippen LogP contribution < -0.4 is 10.6 Å². The molecule has 2 rings (SSSR count). The third-order valence-electron chi connectivity index (χ3n) is 4.25. The van der Waals surface area contributed by atoms with Gasteiger partial charge in [-0.2, -0.15) is 5.10 Å². The second-order valence-corrected chi connectivity index (χ2v) is 7.49. The smallest absolute Gasteiger partial charge is 0.191 e. The molecule has 1 atom stereocenters. The van der Waals surface area contributed by atoms with Crippen LogP contribution in [0.15, 0.2) is 34.2 Å². The molecule has 0 fully saturated rings. The number of aryl methyl sites for hydroxylation is 2. The first-order valence-corrected chi connectivity index (χ1v) is 9.74. The van der Waals surface area contributed by atoms with E-state index >= 15 is 0 Å². The lowest BCUT2D eigenvalue weighted by Crippen LogP contribution is -2.43. The maximum atomic E-state index is 12.9. The summed E-state index contributed by atoms with van der Waals surface area (Å²) in [6.07, 6.45) is 0.899. The Morgan fingerprint density at radius 2 is 2.00 bits per heavy atom. The standard InChI is InChI=1S/C19H28FN5S/c1-13(12-18-14(2)24-25(5)15(18)3)23-19(21-4)22-10-11-26-17-8-6-16(20)7-9-17/h6-9,13H,10-12H2,1-5H3,(H2,21,22,23). The topological polar surface area (TPSA) is 54.2 Å². The van der Waals surface area contributed by atoms with Crippen molar-refractivity contribution in [2.45, 2.75) is 38.1 Å². The zero-order valence-corrected chi connectivity index (χ0v) is 17.0. The highest BCUT2D eigenvalue weighted by molar-refractivity contribution is 7.99. The second-order valence-electron chi connectivity index (χ2n) is 6.32. The van der Waals surface area contributed by atoms with Crippen molar-refractivity contribution in [3.63, 3.8) is 0 Å². The molecule has 0 radical (unpaired) electrons. The average Bonchev–Trinajstić information content (AvgIpc) is 2.85. The summed E-state index contributed by atoms with van der Waals surface area (Å²) in [6.45, 7) is 7.07. The molecule has 26 heavy (non-hydrogen) atoms. The molecular formula is C19H28FN5S. The van der Waals surface area contributed by atoms with Gasteiger partial charge in [0.2, 0.25) is 0 Å². The van der Waals surface area contributed by atoms with Gasteiger partial charge < -0.3 is 10.6 Å². The summed E-state index contributed by atoms with van der Waals surface area (Å²) in [5.74, 6) is 1.46. The molecule has 2 N–H and O–H groups in total.